The molecule has 7 nitrogen and oxygen atoms in total. The van der Waals surface area contributed by atoms with Crippen LogP contribution in [0.25, 0.3) is 0 Å². The molecule has 144 valence electrons. The van der Waals surface area contributed by atoms with Gasteiger partial charge in [0.1, 0.15) is 10.6 Å². The van der Waals surface area contributed by atoms with E-state index in [1.54, 1.807) is 18.2 Å². The fourth-order valence-corrected chi connectivity index (χ4v) is 5.64. The van der Waals surface area contributed by atoms with E-state index in [1.165, 1.54) is 15.8 Å². The number of carbonyl (C=O) groups excluding carboxylic acids is 1. The monoisotopic (exact) mass is 409 g/mol. The summed E-state index contributed by atoms with van der Waals surface area (Å²) in [7, 11) is -3.58. The number of benzene rings is 1. The van der Waals surface area contributed by atoms with Crippen LogP contribution in [0.15, 0.2) is 34.5 Å². The number of ether oxygens (including phenoxy) is 3. The highest BCUT2D eigenvalue weighted by Crippen LogP contribution is 2.35. The highest BCUT2D eigenvalue weighted by Gasteiger charge is 2.29. The van der Waals surface area contributed by atoms with E-state index in [9.17, 15) is 13.2 Å². The Morgan fingerprint density at radius 3 is 2.70 bits per heavy atom. The van der Waals surface area contributed by atoms with Crippen LogP contribution in [0.4, 0.5) is 0 Å². The van der Waals surface area contributed by atoms with E-state index in [1.807, 2.05) is 0 Å². The van der Waals surface area contributed by atoms with Crippen molar-refractivity contribution in [2.24, 2.45) is 5.92 Å². The van der Waals surface area contributed by atoms with Crippen LogP contribution in [-0.2, 0) is 10.0 Å². The zero-order chi connectivity index (χ0) is 19.0. The highest BCUT2D eigenvalue weighted by molar-refractivity contribution is 7.89. The van der Waals surface area contributed by atoms with Gasteiger partial charge in [-0.05, 0) is 37.0 Å². The van der Waals surface area contributed by atoms with E-state index in [0.717, 1.165) is 24.2 Å². The number of thiophene rings is 1. The van der Waals surface area contributed by atoms with Gasteiger partial charge in [0, 0.05) is 24.5 Å². The van der Waals surface area contributed by atoms with Crippen LogP contribution in [0.3, 0.4) is 0 Å². The lowest BCUT2D eigenvalue weighted by molar-refractivity contribution is 0.0739. The summed E-state index contributed by atoms with van der Waals surface area (Å²) in [6.07, 6.45) is 1.70. The normalized spacial score (nSPS) is 17.8. The standard InChI is InChI=1S/C18H19NO6S2/c1-12-4-6-19(7-5-12)27(21,22)14-9-17(26-10-14)18(20)25-13-2-3-15-16(8-13)24-11-23-15/h2-3,8-10,12H,4-7,11H2,1H3. The second-order valence-corrected chi connectivity index (χ2v) is 9.49. The fraction of sp³-hybridized carbons (Fsp3) is 0.389. The Kier molecular flexibility index (Phi) is 4.83. The molecule has 2 aliphatic rings. The third-order valence-electron chi connectivity index (χ3n) is 4.71. The van der Waals surface area contributed by atoms with Crippen molar-refractivity contribution in [3.8, 4) is 17.2 Å². The van der Waals surface area contributed by atoms with Crippen LogP contribution in [0.1, 0.15) is 29.4 Å². The van der Waals surface area contributed by atoms with E-state index in [4.69, 9.17) is 14.2 Å². The molecule has 0 atom stereocenters. The van der Waals surface area contributed by atoms with E-state index in [2.05, 4.69) is 6.92 Å². The van der Waals surface area contributed by atoms with Crippen molar-refractivity contribution >= 4 is 27.3 Å². The molecule has 0 radical (unpaired) electrons. The Morgan fingerprint density at radius 1 is 1.19 bits per heavy atom. The molecule has 0 amide bonds. The zero-order valence-electron chi connectivity index (χ0n) is 14.7. The van der Waals surface area contributed by atoms with Crippen LogP contribution < -0.4 is 14.2 Å². The molecule has 0 spiro atoms. The van der Waals surface area contributed by atoms with Crippen molar-refractivity contribution in [1.82, 2.24) is 4.31 Å². The maximum Gasteiger partial charge on any atom is 0.353 e. The minimum Gasteiger partial charge on any atom is -0.454 e. The summed E-state index contributed by atoms with van der Waals surface area (Å²) in [6, 6.07) is 6.21. The summed E-state index contributed by atoms with van der Waals surface area (Å²) in [5.41, 5.74) is 0. The third-order valence-corrected chi connectivity index (χ3v) is 7.65. The minimum absolute atomic E-state index is 0.133. The van der Waals surface area contributed by atoms with Gasteiger partial charge in [-0.25, -0.2) is 13.2 Å². The van der Waals surface area contributed by atoms with Gasteiger partial charge in [-0.3, -0.25) is 0 Å². The topological polar surface area (TPSA) is 82.1 Å². The van der Waals surface area contributed by atoms with Crippen molar-refractivity contribution in [3.05, 3.63) is 34.5 Å². The Bertz CT molecular complexity index is 960. The molecular formula is C18H19NO6S2. The molecule has 0 unspecified atom stereocenters. The van der Waals surface area contributed by atoms with Gasteiger partial charge in [-0.2, -0.15) is 4.31 Å². The maximum atomic E-state index is 12.8. The molecule has 0 bridgehead atoms. The third kappa shape index (κ3) is 3.67. The molecule has 3 heterocycles. The molecule has 27 heavy (non-hydrogen) atoms. The van der Waals surface area contributed by atoms with Crippen molar-refractivity contribution < 1.29 is 27.4 Å². The number of hydrogen-bond acceptors (Lipinski definition) is 7. The molecule has 9 heteroatoms. The second-order valence-electron chi connectivity index (χ2n) is 6.64. The fourth-order valence-electron chi connectivity index (χ4n) is 3.03. The highest BCUT2D eigenvalue weighted by atomic mass is 32.2. The molecule has 0 saturated carbocycles. The summed E-state index contributed by atoms with van der Waals surface area (Å²) in [4.78, 5) is 12.8. The van der Waals surface area contributed by atoms with Crippen LogP contribution >= 0.6 is 11.3 Å². The van der Waals surface area contributed by atoms with Crippen LogP contribution in [-0.4, -0.2) is 38.6 Å². The predicted octanol–water partition coefficient (Wildman–Crippen LogP) is 3.12. The first-order valence-corrected chi connectivity index (χ1v) is 11.0. The average Bonchev–Trinajstić information content (AvgIpc) is 3.31. The molecule has 0 N–H and O–H groups in total. The Balaban J connectivity index is 1.48. The first-order valence-electron chi connectivity index (χ1n) is 8.64. The first kappa shape index (κ1) is 18.3. The number of fused-ring (bicyclic) bond motifs is 1. The lowest BCUT2D eigenvalue weighted by Crippen LogP contribution is -2.37. The van der Waals surface area contributed by atoms with E-state index >= 15 is 0 Å². The average molecular weight is 409 g/mol. The number of nitrogens with zero attached hydrogens (tertiary/aromatic N) is 1. The summed E-state index contributed by atoms with van der Waals surface area (Å²) in [5.74, 6) is 1.34. The number of esters is 1. The maximum absolute atomic E-state index is 12.8. The van der Waals surface area contributed by atoms with Crippen LogP contribution in [0.2, 0.25) is 0 Å². The first-order chi connectivity index (χ1) is 12.9. The Labute approximate surface area is 161 Å². The summed E-state index contributed by atoms with van der Waals surface area (Å²) in [5, 5.41) is 1.49. The van der Waals surface area contributed by atoms with Crippen LogP contribution in [0.5, 0.6) is 17.2 Å². The second kappa shape index (κ2) is 7.14. The predicted molar refractivity (Wildman–Crippen MR) is 99.0 cm³/mol. The van der Waals surface area contributed by atoms with Crippen molar-refractivity contribution in [2.45, 2.75) is 24.7 Å². The molecule has 1 fully saturated rings. The molecule has 1 aromatic carbocycles. The number of hydrogen-bond donors (Lipinski definition) is 0. The molecule has 4 rings (SSSR count). The largest absolute Gasteiger partial charge is 0.454 e. The quantitative estimate of drug-likeness (QED) is 0.570. The molecular weight excluding hydrogens is 390 g/mol. The van der Waals surface area contributed by atoms with Gasteiger partial charge < -0.3 is 14.2 Å². The Morgan fingerprint density at radius 2 is 1.93 bits per heavy atom. The summed E-state index contributed by atoms with van der Waals surface area (Å²) in [6.45, 7) is 3.28. The number of rotatable bonds is 4. The molecule has 1 aromatic heterocycles. The van der Waals surface area contributed by atoms with Crippen molar-refractivity contribution in [1.29, 1.82) is 0 Å². The SMILES string of the molecule is CC1CCN(S(=O)(=O)c2csc(C(=O)Oc3ccc4c(c3)OCO4)c2)CC1. The van der Waals surface area contributed by atoms with Gasteiger partial charge in [-0.1, -0.05) is 6.92 Å². The van der Waals surface area contributed by atoms with Gasteiger partial charge in [0.25, 0.3) is 0 Å². The summed E-state index contributed by atoms with van der Waals surface area (Å²) < 4.78 is 42.8. The van der Waals surface area contributed by atoms with Crippen LogP contribution in [0, 0.1) is 5.92 Å². The number of piperidine rings is 1. The van der Waals surface area contributed by atoms with Crippen molar-refractivity contribution in [2.75, 3.05) is 19.9 Å². The van der Waals surface area contributed by atoms with Gasteiger partial charge in [0.05, 0.1) is 4.90 Å². The zero-order valence-corrected chi connectivity index (χ0v) is 16.3. The summed E-state index contributed by atoms with van der Waals surface area (Å²) >= 11 is 1.06. The molecule has 2 aromatic rings. The van der Waals surface area contributed by atoms with Gasteiger partial charge in [0.15, 0.2) is 11.5 Å². The number of carbonyl (C=O) groups is 1. The molecule has 1 saturated heterocycles. The number of sulfonamides is 1. The molecule has 0 aliphatic carbocycles. The van der Waals surface area contributed by atoms with E-state index in [-0.39, 0.29) is 16.6 Å². The van der Waals surface area contributed by atoms with Crippen molar-refractivity contribution in [3.63, 3.8) is 0 Å². The lowest BCUT2D eigenvalue weighted by Gasteiger charge is -2.29. The minimum atomic E-state index is -3.58. The lowest BCUT2D eigenvalue weighted by atomic mass is 10.0. The smallest absolute Gasteiger partial charge is 0.353 e. The van der Waals surface area contributed by atoms with E-state index in [0.29, 0.717) is 36.3 Å². The van der Waals surface area contributed by atoms with Gasteiger partial charge in [0.2, 0.25) is 16.8 Å². The van der Waals surface area contributed by atoms with Gasteiger partial charge in [-0.15, -0.1) is 11.3 Å². The van der Waals surface area contributed by atoms with Gasteiger partial charge >= 0.3 is 5.97 Å². The van der Waals surface area contributed by atoms with E-state index < -0.39 is 16.0 Å². The molecule has 2 aliphatic heterocycles. The Hall–Kier alpha value is -2.10.